The van der Waals surface area contributed by atoms with Crippen LogP contribution >= 0.6 is 0 Å². The molecule has 1 fully saturated rings. The summed E-state index contributed by atoms with van der Waals surface area (Å²) in [5, 5.41) is 11.1. The maximum absolute atomic E-state index is 11.3. The van der Waals surface area contributed by atoms with Crippen LogP contribution in [0.3, 0.4) is 0 Å². The summed E-state index contributed by atoms with van der Waals surface area (Å²) in [7, 11) is 0. The number of nitrogens with two attached hydrogens (primary N) is 1. The van der Waals surface area contributed by atoms with Crippen molar-refractivity contribution in [1.29, 1.82) is 0 Å². The molecule has 0 atom stereocenters. The number of hydrogen-bond donors (Lipinski definition) is 3. The Morgan fingerprint density at radius 2 is 1.74 bits per heavy atom. The summed E-state index contributed by atoms with van der Waals surface area (Å²) in [5.41, 5.74) is 10.2. The van der Waals surface area contributed by atoms with Gasteiger partial charge in [0, 0.05) is 48.7 Å². The second-order valence-corrected chi connectivity index (χ2v) is 7.34. The summed E-state index contributed by atoms with van der Waals surface area (Å²) in [4.78, 5) is 22.6. The Hall–Kier alpha value is -3.98. The number of amides is 1. The van der Waals surface area contributed by atoms with E-state index in [0.717, 1.165) is 43.1 Å². The first-order valence-corrected chi connectivity index (χ1v) is 10.1. The summed E-state index contributed by atoms with van der Waals surface area (Å²) in [5.74, 6) is 0.156. The standard InChI is InChI=1S/C22H22N8O/c23-20(31)16-3-1-15(2-4-16)19-13-25-21(22-26-14-27-30(19)22)28-17-5-7-18(8-6-17)29-11-9-24-10-12-29/h1-8,13-14,24H,9-12H2,(H2,23,31)(H,25,28). The minimum Gasteiger partial charge on any atom is -0.369 e. The lowest BCUT2D eigenvalue weighted by molar-refractivity contribution is 0.100. The smallest absolute Gasteiger partial charge is 0.248 e. The van der Waals surface area contributed by atoms with Gasteiger partial charge < -0.3 is 21.3 Å². The molecule has 9 heteroatoms. The molecule has 1 aliphatic rings. The van der Waals surface area contributed by atoms with Gasteiger partial charge in [0.05, 0.1) is 11.9 Å². The first-order chi connectivity index (χ1) is 15.2. The van der Waals surface area contributed by atoms with Gasteiger partial charge in [-0.1, -0.05) is 12.1 Å². The monoisotopic (exact) mass is 414 g/mol. The van der Waals surface area contributed by atoms with Crippen LogP contribution in [0.15, 0.2) is 61.1 Å². The van der Waals surface area contributed by atoms with E-state index in [4.69, 9.17) is 5.73 Å². The lowest BCUT2D eigenvalue weighted by Gasteiger charge is -2.29. The van der Waals surface area contributed by atoms with E-state index in [1.165, 1.54) is 12.0 Å². The summed E-state index contributed by atoms with van der Waals surface area (Å²) in [6.45, 7) is 4.03. The largest absolute Gasteiger partial charge is 0.369 e. The number of benzene rings is 2. The van der Waals surface area contributed by atoms with Crippen LogP contribution in [-0.4, -0.2) is 51.7 Å². The van der Waals surface area contributed by atoms with Gasteiger partial charge in [0.2, 0.25) is 5.91 Å². The van der Waals surface area contributed by atoms with Crippen molar-refractivity contribution < 1.29 is 4.79 Å². The number of nitrogens with zero attached hydrogens (tertiary/aromatic N) is 5. The van der Waals surface area contributed by atoms with Crippen molar-refractivity contribution in [1.82, 2.24) is 24.9 Å². The molecule has 1 aliphatic heterocycles. The minimum absolute atomic E-state index is 0.453. The Morgan fingerprint density at radius 3 is 2.45 bits per heavy atom. The molecule has 1 amide bonds. The van der Waals surface area contributed by atoms with Gasteiger partial charge in [-0.25, -0.2) is 14.5 Å². The van der Waals surface area contributed by atoms with Gasteiger partial charge in [-0.05, 0) is 36.4 Å². The van der Waals surface area contributed by atoms with Gasteiger partial charge >= 0.3 is 0 Å². The van der Waals surface area contributed by atoms with Crippen LogP contribution < -0.4 is 21.3 Å². The van der Waals surface area contributed by atoms with Crippen LogP contribution in [0.4, 0.5) is 17.2 Å². The van der Waals surface area contributed by atoms with E-state index in [-0.39, 0.29) is 0 Å². The first-order valence-electron chi connectivity index (χ1n) is 10.1. The molecule has 2 aromatic heterocycles. The van der Waals surface area contributed by atoms with Gasteiger partial charge in [0.25, 0.3) is 0 Å². The zero-order chi connectivity index (χ0) is 21.2. The zero-order valence-electron chi connectivity index (χ0n) is 16.8. The fraction of sp³-hybridized carbons (Fsp3) is 0.182. The quantitative estimate of drug-likeness (QED) is 0.458. The molecule has 0 saturated carbocycles. The Kier molecular flexibility index (Phi) is 4.93. The first kappa shape index (κ1) is 19.0. The number of rotatable bonds is 5. The van der Waals surface area contributed by atoms with Crippen LogP contribution in [-0.2, 0) is 0 Å². The Bertz CT molecular complexity index is 1210. The molecule has 0 aliphatic carbocycles. The fourth-order valence-electron chi connectivity index (χ4n) is 3.72. The van der Waals surface area contributed by atoms with E-state index in [2.05, 4.69) is 42.7 Å². The predicted octanol–water partition coefficient (Wildman–Crippen LogP) is 2.04. The lowest BCUT2D eigenvalue weighted by Crippen LogP contribution is -2.43. The highest BCUT2D eigenvalue weighted by atomic mass is 16.1. The molecule has 156 valence electrons. The van der Waals surface area contributed by atoms with Crippen molar-refractivity contribution in [3.8, 4) is 11.3 Å². The SMILES string of the molecule is NC(=O)c1ccc(-c2cnc(Nc3ccc(N4CCNCC4)cc3)c3ncnn23)cc1. The van der Waals surface area contributed by atoms with Crippen LogP contribution in [0, 0.1) is 0 Å². The summed E-state index contributed by atoms with van der Waals surface area (Å²) < 4.78 is 1.73. The highest BCUT2D eigenvalue weighted by Crippen LogP contribution is 2.26. The van der Waals surface area contributed by atoms with E-state index in [1.54, 1.807) is 22.8 Å². The molecule has 4 N–H and O–H groups in total. The summed E-state index contributed by atoms with van der Waals surface area (Å²) in [6.07, 6.45) is 3.23. The number of carbonyl (C=O) groups excluding carboxylic acids is 1. The average molecular weight is 414 g/mol. The molecule has 0 unspecified atom stereocenters. The van der Waals surface area contributed by atoms with Crippen molar-refractivity contribution in [3.63, 3.8) is 0 Å². The van der Waals surface area contributed by atoms with E-state index < -0.39 is 5.91 Å². The predicted molar refractivity (Wildman–Crippen MR) is 120 cm³/mol. The van der Waals surface area contributed by atoms with Crippen molar-refractivity contribution in [2.24, 2.45) is 5.73 Å². The van der Waals surface area contributed by atoms with Crippen molar-refractivity contribution in [2.75, 3.05) is 36.4 Å². The highest BCUT2D eigenvalue weighted by molar-refractivity contribution is 5.93. The summed E-state index contributed by atoms with van der Waals surface area (Å²) in [6, 6.07) is 15.3. The number of primary amides is 1. The van der Waals surface area contributed by atoms with E-state index in [9.17, 15) is 4.79 Å². The second-order valence-electron chi connectivity index (χ2n) is 7.34. The molecule has 5 rings (SSSR count). The second kappa shape index (κ2) is 8.04. The number of nitrogens with one attached hydrogen (secondary N) is 2. The molecule has 3 heterocycles. The van der Waals surface area contributed by atoms with E-state index >= 15 is 0 Å². The molecular weight excluding hydrogens is 392 g/mol. The van der Waals surface area contributed by atoms with Gasteiger partial charge in [0.1, 0.15) is 6.33 Å². The number of aromatic nitrogens is 4. The van der Waals surface area contributed by atoms with Gasteiger partial charge in [-0.3, -0.25) is 4.79 Å². The van der Waals surface area contributed by atoms with Crippen molar-refractivity contribution in [3.05, 3.63) is 66.6 Å². The minimum atomic E-state index is -0.460. The molecule has 0 spiro atoms. The molecule has 31 heavy (non-hydrogen) atoms. The molecular formula is C22H22N8O. The molecule has 1 saturated heterocycles. The van der Waals surface area contributed by atoms with Crippen LogP contribution in [0.25, 0.3) is 16.9 Å². The molecule has 0 bridgehead atoms. The third kappa shape index (κ3) is 3.78. The number of carbonyl (C=O) groups is 1. The number of fused-ring (bicyclic) bond motifs is 1. The third-order valence-electron chi connectivity index (χ3n) is 5.38. The Labute approximate surface area is 178 Å². The Morgan fingerprint density at radius 1 is 1.00 bits per heavy atom. The summed E-state index contributed by atoms with van der Waals surface area (Å²) >= 11 is 0. The number of hydrogen-bond acceptors (Lipinski definition) is 7. The number of piperazine rings is 1. The normalized spacial score (nSPS) is 14.0. The lowest BCUT2D eigenvalue weighted by atomic mass is 10.1. The third-order valence-corrected chi connectivity index (χ3v) is 5.38. The topological polar surface area (TPSA) is 113 Å². The van der Waals surface area contributed by atoms with Crippen LogP contribution in [0.1, 0.15) is 10.4 Å². The maximum Gasteiger partial charge on any atom is 0.248 e. The molecule has 9 nitrogen and oxygen atoms in total. The van der Waals surface area contributed by atoms with E-state index in [1.807, 2.05) is 24.3 Å². The molecule has 0 radical (unpaired) electrons. The van der Waals surface area contributed by atoms with Crippen molar-refractivity contribution in [2.45, 2.75) is 0 Å². The van der Waals surface area contributed by atoms with Gasteiger partial charge in [0.15, 0.2) is 11.5 Å². The van der Waals surface area contributed by atoms with Gasteiger partial charge in [-0.15, -0.1) is 0 Å². The average Bonchev–Trinajstić information content (AvgIpc) is 3.31. The Balaban J connectivity index is 1.40. The molecule has 4 aromatic rings. The fourth-order valence-corrected chi connectivity index (χ4v) is 3.72. The van der Waals surface area contributed by atoms with E-state index in [0.29, 0.717) is 17.0 Å². The molecule has 2 aromatic carbocycles. The highest BCUT2D eigenvalue weighted by Gasteiger charge is 2.13. The van der Waals surface area contributed by atoms with Gasteiger partial charge in [-0.2, -0.15) is 5.10 Å². The van der Waals surface area contributed by atoms with Crippen LogP contribution in [0.2, 0.25) is 0 Å². The number of anilines is 3. The zero-order valence-corrected chi connectivity index (χ0v) is 16.8. The maximum atomic E-state index is 11.3. The van der Waals surface area contributed by atoms with Crippen molar-refractivity contribution >= 4 is 28.7 Å². The van der Waals surface area contributed by atoms with Crippen LogP contribution in [0.5, 0.6) is 0 Å².